The van der Waals surface area contributed by atoms with E-state index >= 15 is 0 Å². The van der Waals surface area contributed by atoms with Crippen LogP contribution in [0.15, 0.2) is 48.7 Å². The quantitative estimate of drug-likeness (QED) is 0.101. The molecule has 0 unspecified atom stereocenters. The van der Waals surface area contributed by atoms with Gasteiger partial charge in [-0.05, 0) is 61.1 Å². The van der Waals surface area contributed by atoms with Crippen LogP contribution in [-0.2, 0) is 16.0 Å². The zero-order chi connectivity index (χ0) is 26.6. The molecule has 4 N–H and O–H groups in total. The molecule has 0 fully saturated rings. The summed E-state index contributed by atoms with van der Waals surface area (Å²) in [4.78, 5) is 25.4. The molecule has 11 heteroatoms. The van der Waals surface area contributed by atoms with Gasteiger partial charge in [0.15, 0.2) is 12.6 Å². The molecule has 1 aromatic heterocycles. The fourth-order valence-corrected chi connectivity index (χ4v) is 4.31. The molecule has 0 aliphatic heterocycles. The van der Waals surface area contributed by atoms with Gasteiger partial charge in [0.25, 0.3) is 0 Å². The van der Waals surface area contributed by atoms with E-state index in [4.69, 9.17) is 26.6 Å². The van der Waals surface area contributed by atoms with Crippen LogP contribution in [0.3, 0.4) is 0 Å². The summed E-state index contributed by atoms with van der Waals surface area (Å²) in [5, 5.41) is 31.6. The second kappa shape index (κ2) is 14.5. The molecule has 0 spiro atoms. The molecule has 0 saturated heterocycles. The third kappa shape index (κ3) is 8.71. The van der Waals surface area contributed by atoms with E-state index in [0.717, 1.165) is 5.56 Å². The van der Waals surface area contributed by atoms with Gasteiger partial charge in [0.1, 0.15) is 11.5 Å². The van der Waals surface area contributed by atoms with Crippen LogP contribution >= 0.6 is 11.6 Å². The van der Waals surface area contributed by atoms with Crippen molar-refractivity contribution in [2.45, 2.75) is 25.7 Å². The summed E-state index contributed by atoms with van der Waals surface area (Å²) in [6, 6.07) is 11.6. The lowest BCUT2D eigenvalue weighted by molar-refractivity contribution is -0.157. The van der Waals surface area contributed by atoms with Crippen molar-refractivity contribution >= 4 is 23.4 Å². The van der Waals surface area contributed by atoms with Gasteiger partial charge in [-0.15, -0.1) is 0 Å². The van der Waals surface area contributed by atoms with Crippen molar-refractivity contribution in [3.8, 4) is 11.1 Å². The molecule has 0 amide bonds. The average molecular weight is 533 g/mol. The van der Waals surface area contributed by atoms with E-state index in [9.17, 15) is 14.0 Å². The van der Waals surface area contributed by atoms with Crippen molar-refractivity contribution in [1.29, 1.82) is 0 Å². The summed E-state index contributed by atoms with van der Waals surface area (Å²) < 4.78 is 19.1. The molecule has 3 aromatic rings. The number of aromatic nitrogens is 3. The van der Waals surface area contributed by atoms with Crippen molar-refractivity contribution < 1.29 is 28.9 Å². The zero-order valence-electron chi connectivity index (χ0n) is 20.2. The number of nitrogens with one attached hydrogen (secondary N) is 2. The number of benzene rings is 2. The molecular weight excluding hydrogens is 503 g/mol. The minimum Gasteiger partial charge on any atom is -0.438 e. The van der Waals surface area contributed by atoms with Gasteiger partial charge in [0.2, 0.25) is 0 Å². The second-order valence-corrected chi connectivity index (χ2v) is 9.12. The SMILES string of the molecule is O=C(C[C@H](Cc1ccc(-c2cc(Cl)ccc2F)cc1)C[C@@H](CNCCCO)C(=O)OCO)c1cn[nH]n1. The minimum absolute atomic E-state index is 0.0165. The first-order valence-corrected chi connectivity index (χ1v) is 12.3. The first kappa shape index (κ1) is 28.4. The Morgan fingerprint density at radius 3 is 2.62 bits per heavy atom. The van der Waals surface area contributed by atoms with Gasteiger partial charge < -0.3 is 20.3 Å². The summed E-state index contributed by atoms with van der Waals surface area (Å²) >= 11 is 6.03. The summed E-state index contributed by atoms with van der Waals surface area (Å²) in [6.45, 7) is 0.0443. The van der Waals surface area contributed by atoms with Crippen molar-refractivity contribution in [3.05, 3.63) is 70.8 Å². The maximum absolute atomic E-state index is 14.3. The highest BCUT2D eigenvalue weighted by Gasteiger charge is 2.27. The minimum atomic E-state index is -0.740. The molecule has 198 valence electrons. The smallest absolute Gasteiger partial charge is 0.312 e. The number of ether oxygens (including phenoxy) is 1. The van der Waals surface area contributed by atoms with Gasteiger partial charge in [0, 0.05) is 30.2 Å². The predicted octanol–water partition coefficient (Wildman–Crippen LogP) is 3.17. The maximum atomic E-state index is 14.3. The summed E-state index contributed by atoms with van der Waals surface area (Å²) in [5.74, 6) is -2.08. The van der Waals surface area contributed by atoms with Crippen LogP contribution in [-0.4, -0.2) is 63.9 Å². The largest absolute Gasteiger partial charge is 0.438 e. The maximum Gasteiger partial charge on any atom is 0.312 e. The first-order chi connectivity index (χ1) is 17.9. The van der Waals surface area contributed by atoms with Crippen molar-refractivity contribution in [1.82, 2.24) is 20.7 Å². The number of ketones is 1. The van der Waals surface area contributed by atoms with E-state index in [1.807, 2.05) is 12.1 Å². The van der Waals surface area contributed by atoms with Crippen molar-refractivity contribution in [3.63, 3.8) is 0 Å². The van der Waals surface area contributed by atoms with Crippen LogP contribution in [0.5, 0.6) is 0 Å². The van der Waals surface area contributed by atoms with Gasteiger partial charge in [-0.3, -0.25) is 9.59 Å². The first-order valence-electron chi connectivity index (χ1n) is 11.9. The summed E-state index contributed by atoms with van der Waals surface area (Å²) in [5.41, 5.74) is 2.15. The second-order valence-electron chi connectivity index (χ2n) is 8.68. The lowest BCUT2D eigenvalue weighted by Gasteiger charge is -2.22. The number of aliphatic hydroxyl groups excluding tert-OH is 2. The Balaban J connectivity index is 1.78. The molecule has 0 saturated carbocycles. The number of halogens is 2. The molecule has 3 rings (SSSR count). The number of hydrogen-bond donors (Lipinski definition) is 4. The molecular formula is C26H30ClFN4O5. The third-order valence-corrected chi connectivity index (χ3v) is 6.19. The van der Waals surface area contributed by atoms with E-state index in [1.54, 1.807) is 18.2 Å². The highest BCUT2D eigenvalue weighted by molar-refractivity contribution is 6.30. The van der Waals surface area contributed by atoms with E-state index in [1.165, 1.54) is 18.3 Å². The topological polar surface area (TPSA) is 137 Å². The van der Waals surface area contributed by atoms with E-state index in [2.05, 4.69) is 20.7 Å². The summed E-state index contributed by atoms with van der Waals surface area (Å²) in [6.07, 6.45) is 2.74. The monoisotopic (exact) mass is 532 g/mol. The standard InChI is InChI=1S/C26H30ClFN4O5/c27-21-6-7-23(28)22(13-21)19-4-2-17(3-5-19)10-18(12-25(35)24-15-30-32-31-24)11-20(26(36)37-16-34)14-29-8-1-9-33/h2-7,13,15,18,20,29,33-34H,1,8-12,14,16H2,(H,30,31,32)/t18-,20+/m1/s1. The number of hydrogen-bond acceptors (Lipinski definition) is 8. The Kier molecular flexibility index (Phi) is 11.2. The normalized spacial score (nSPS) is 12.8. The Hall–Kier alpha value is -3.18. The Bertz CT molecular complexity index is 1140. The fourth-order valence-electron chi connectivity index (χ4n) is 4.14. The van der Waals surface area contributed by atoms with Crippen molar-refractivity contribution in [2.24, 2.45) is 11.8 Å². The number of nitrogens with zero attached hydrogens (tertiary/aromatic N) is 2. The van der Waals surface area contributed by atoms with Crippen LogP contribution < -0.4 is 5.32 Å². The van der Waals surface area contributed by atoms with Gasteiger partial charge in [-0.2, -0.15) is 15.4 Å². The number of rotatable bonds is 15. The number of H-pyrrole nitrogens is 1. The Labute approximate surface area is 219 Å². The molecule has 2 aromatic carbocycles. The highest BCUT2D eigenvalue weighted by atomic mass is 35.5. The molecule has 1 heterocycles. The lowest BCUT2D eigenvalue weighted by atomic mass is 9.85. The van der Waals surface area contributed by atoms with Crippen molar-refractivity contribution in [2.75, 3.05) is 26.5 Å². The van der Waals surface area contributed by atoms with Gasteiger partial charge in [0.05, 0.1) is 12.1 Å². The van der Waals surface area contributed by atoms with E-state index in [-0.39, 0.29) is 42.8 Å². The number of aliphatic hydroxyl groups is 2. The van der Waals surface area contributed by atoms with Gasteiger partial charge >= 0.3 is 5.97 Å². The average Bonchev–Trinajstić information content (AvgIpc) is 3.43. The Morgan fingerprint density at radius 2 is 1.95 bits per heavy atom. The Morgan fingerprint density at radius 1 is 1.16 bits per heavy atom. The highest BCUT2D eigenvalue weighted by Crippen LogP contribution is 2.28. The third-order valence-electron chi connectivity index (χ3n) is 5.95. The predicted molar refractivity (Wildman–Crippen MR) is 135 cm³/mol. The van der Waals surface area contributed by atoms with Crippen LogP contribution in [0.25, 0.3) is 11.1 Å². The van der Waals surface area contributed by atoms with Gasteiger partial charge in [-0.1, -0.05) is 35.9 Å². The molecule has 0 aliphatic rings. The van der Waals surface area contributed by atoms with Crippen LogP contribution in [0.1, 0.15) is 35.3 Å². The number of carbonyl (C=O) groups is 2. The number of Topliss-reactive ketones (excluding diaryl/α,β-unsaturated/α-hetero) is 1. The zero-order valence-corrected chi connectivity index (χ0v) is 21.0. The number of carbonyl (C=O) groups excluding carboxylic acids is 2. The van der Waals surface area contributed by atoms with E-state index < -0.39 is 18.7 Å². The fraction of sp³-hybridized carbons (Fsp3) is 0.385. The van der Waals surface area contributed by atoms with Crippen LogP contribution in [0.2, 0.25) is 5.02 Å². The van der Waals surface area contributed by atoms with Gasteiger partial charge in [-0.25, -0.2) is 4.39 Å². The molecule has 0 aliphatic carbocycles. The van der Waals surface area contributed by atoms with E-state index in [0.29, 0.717) is 42.0 Å². The number of esters is 1. The molecule has 9 nitrogen and oxygen atoms in total. The van der Waals surface area contributed by atoms with Crippen LogP contribution in [0.4, 0.5) is 4.39 Å². The molecule has 0 bridgehead atoms. The lowest BCUT2D eigenvalue weighted by Crippen LogP contribution is -2.33. The summed E-state index contributed by atoms with van der Waals surface area (Å²) in [7, 11) is 0. The van der Waals surface area contributed by atoms with Crippen LogP contribution in [0, 0.1) is 17.7 Å². The molecule has 2 atom stereocenters. The molecule has 0 radical (unpaired) electrons. The molecule has 37 heavy (non-hydrogen) atoms. The number of aromatic amines is 1.